The minimum absolute atomic E-state index is 0.0623. The number of benzene rings is 1. The van der Waals surface area contributed by atoms with E-state index in [4.69, 9.17) is 21.1 Å². The zero-order valence-corrected chi connectivity index (χ0v) is 10.2. The van der Waals surface area contributed by atoms with Gasteiger partial charge in [-0.05, 0) is 23.7 Å². The summed E-state index contributed by atoms with van der Waals surface area (Å²) in [6.07, 6.45) is 0. The monoisotopic (exact) mass is 300 g/mol. The topological polar surface area (TPSA) is 50.4 Å². The van der Waals surface area contributed by atoms with E-state index in [-0.39, 0.29) is 16.5 Å². The molecule has 0 aliphatic carbocycles. The summed E-state index contributed by atoms with van der Waals surface area (Å²) in [4.78, 5) is 10.9. The number of rotatable bonds is 2. The maximum atomic E-state index is 10.9. The standard InChI is InChI=1S/C11H6BrClO3/c12-7-3-1-6(2-4-7)10-8(11(14)15)5-9(13)16-10/h1-5H,(H,14,15). The van der Waals surface area contributed by atoms with Crippen LogP contribution < -0.4 is 0 Å². The molecular weight excluding hydrogens is 295 g/mol. The molecular formula is C11H6BrClO3. The molecule has 0 radical (unpaired) electrons. The largest absolute Gasteiger partial charge is 0.478 e. The first-order valence-electron chi connectivity index (χ1n) is 4.36. The normalized spacial score (nSPS) is 10.4. The maximum absolute atomic E-state index is 10.9. The molecule has 2 aromatic rings. The second kappa shape index (κ2) is 4.31. The molecule has 0 aliphatic rings. The minimum Gasteiger partial charge on any atom is -0.478 e. The molecule has 0 spiro atoms. The van der Waals surface area contributed by atoms with Crippen molar-refractivity contribution < 1.29 is 14.3 Å². The van der Waals surface area contributed by atoms with Crippen LogP contribution >= 0.6 is 27.5 Å². The first kappa shape index (κ1) is 11.2. The van der Waals surface area contributed by atoms with Gasteiger partial charge in [0.05, 0.1) is 0 Å². The van der Waals surface area contributed by atoms with Crippen molar-refractivity contribution in [1.29, 1.82) is 0 Å². The lowest BCUT2D eigenvalue weighted by Gasteiger charge is -1.99. The van der Waals surface area contributed by atoms with E-state index < -0.39 is 5.97 Å². The molecule has 5 heteroatoms. The summed E-state index contributed by atoms with van der Waals surface area (Å²) >= 11 is 8.95. The fourth-order valence-corrected chi connectivity index (χ4v) is 1.79. The lowest BCUT2D eigenvalue weighted by molar-refractivity contribution is 0.0697. The van der Waals surface area contributed by atoms with Crippen molar-refractivity contribution in [2.45, 2.75) is 0 Å². The van der Waals surface area contributed by atoms with E-state index in [0.29, 0.717) is 5.56 Å². The van der Waals surface area contributed by atoms with Gasteiger partial charge in [0, 0.05) is 16.1 Å². The van der Waals surface area contributed by atoms with Crippen LogP contribution in [0.2, 0.25) is 5.22 Å². The zero-order valence-electron chi connectivity index (χ0n) is 7.91. The van der Waals surface area contributed by atoms with E-state index in [1.165, 1.54) is 6.07 Å². The second-order valence-corrected chi connectivity index (χ2v) is 4.39. The van der Waals surface area contributed by atoms with Gasteiger partial charge >= 0.3 is 5.97 Å². The van der Waals surface area contributed by atoms with E-state index in [9.17, 15) is 4.79 Å². The van der Waals surface area contributed by atoms with Crippen LogP contribution in [-0.4, -0.2) is 11.1 Å². The quantitative estimate of drug-likeness (QED) is 0.910. The van der Waals surface area contributed by atoms with Crippen LogP contribution in [0.4, 0.5) is 0 Å². The Hall–Kier alpha value is -1.26. The Morgan fingerprint density at radius 3 is 2.50 bits per heavy atom. The minimum atomic E-state index is -1.06. The summed E-state index contributed by atoms with van der Waals surface area (Å²) in [5.41, 5.74) is 0.736. The highest BCUT2D eigenvalue weighted by Crippen LogP contribution is 2.30. The molecule has 0 saturated heterocycles. The molecule has 16 heavy (non-hydrogen) atoms. The molecule has 1 heterocycles. The lowest BCUT2D eigenvalue weighted by atomic mass is 10.1. The van der Waals surface area contributed by atoms with Gasteiger partial charge in [-0.1, -0.05) is 28.1 Å². The Morgan fingerprint density at radius 1 is 1.31 bits per heavy atom. The Morgan fingerprint density at radius 2 is 1.94 bits per heavy atom. The molecule has 1 aromatic heterocycles. The lowest BCUT2D eigenvalue weighted by Crippen LogP contribution is -1.95. The third-order valence-corrected chi connectivity index (χ3v) is 2.75. The van der Waals surface area contributed by atoms with Crippen molar-refractivity contribution in [3.8, 4) is 11.3 Å². The summed E-state index contributed by atoms with van der Waals surface area (Å²) in [6, 6.07) is 8.41. The second-order valence-electron chi connectivity index (χ2n) is 3.11. The predicted molar refractivity (Wildman–Crippen MR) is 63.8 cm³/mol. The summed E-state index contributed by atoms with van der Waals surface area (Å²) in [5, 5.41) is 9.03. The summed E-state index contributed by atoms with van der Waals surface area (Å²) in [6.45, 7) is 0. The van der Waals surface area contributed by atoms with Crippen LogP contribution in [0.15, 0.2) is 39.2 Å². The molecule has 0 amide bonds. The summed E-state index contributed by atoms with van der Waals surface area (Å²) < 4.78 is 6.08. The highest BCUT2D eigenvalue weighted by molar-refractivity contribution is 9.10. The SMILES string of the molecule is O=C(O)c1cc(Cl)oc1-c1ccc(Br)cc1. The van der Waals surface area contributed by atoms with Crippen LogP contribution in [0, 0.1) is 0 Å². The summed E-state index contributed by atoms with van der Waals surface area (Å²) in [5.74, 6) is -0.793. The number of aromatic carboxylic acids is 1. The number of hydrogen-bond acceptors (Lipinski definition) is 2. The molecule has 1 aromatic carbocycles. The number of carboxylic acid groups (broad SMARTS) is 1. The number of halogens is 2. The van der Waals surface area contributed by atoms with Crippen molar-refractivity contribution in [3.63, 3.8) is 0 Å². The Bertz CT molecular complexity index is 531. The van der Waals surface area contributed by atoms with Crippen molar-refractivity contribution in [1.82, 2.24) is 0 Å². The van der Waals surface area contributed by atoms with Gasteiger partial charge in [0.15, 0.2) is 11.0 Å². The van der Waals surface area contributed by atoms with Crippen molar-refractivity contribution in [3.05, 3.63) is 45.6 Å². The third kappa shape index (κ3) is 2.13. The first-order chi connectivity index (χ1) is 7.58. The van der Waals surface area contributed by atoms with Gasteiger partial charge in [-0.15, -0.1) is 0 Å². The van der Waals surface area contributed by atoms with Crippen LogP contribution in [0.1, 0.15) is 10.4 Å². The predicted octanol–water partition coefficient (Wildman–Crippen LogP) is 4.06. The van der Waals surface area contributed by atoms with Gasteiger partial charge in [0.1, 0.15) is 5.56 Å². The van der Waals surface area contributed by atoms with Crippen LogP contribution in [-0.2, 0) is 0 Å². The fraction of sp³-hybridized carbons (Fsp3) is 0. The average molecular weight is 302 g/mol. The van der Waals surface area contributed by atoms with E-state index in [0.717, 1.165) is 4.47 Å². The van der Waals surface area contributed by atoms with E-state index in [1.54, 1.807) is 24.3 Å². The van der Waals surface area contributed by atoms with E-state index in [1.807, 2.05) is 0 Å². The number of hydrogen-bond donors (Lipinski definition) is 1. The van der Waals surface area contributed by atoms with Crippen molar-refractivity contribution in [2.75, 3.05) is 0 Å². The Kier molecular flexibility index (Phi) is 3.03. The highest BCUT2D eigenvalue weighted by Gasteiger charge is 2.17. The molecule has 0 aliphatic heterocycles. The van der Waals surface area contributed by atoms with Crippen molar-refractivity contribution in [2.24, 2.45) is 0 Å². The van der Waals surface area contributed by atoms with Gasteiger partial charge < -0.3 is 9.52 Å². The zero-order chi connectivity index (χ0) is 11.7. The Labute approximate surface area is 105 Å². The molecule has 1 N–H and O–H groups in total. The number of carboxylic acids is 1. The molecule has 0 saturated carbocycles. The fourth-order valence-electron chi connectivity index (χ4n) is 1.34. The third-order valence-electron chi connectivity index (χ3n) is 2.04. The molecule has 3 nitrogen and oxygen atoms in total. The molecule has 2 rings (SSSR count). The van der Waals surface area contributed by atoms with Gasteiger partial charge in [-0.3, -0.25) is 0 Å². The average Bonchev–Trinajstić information content (AvgIpc) is 2.61. The first-order valence-corrected chi connectivity index (χ1v) is 5.53. The van der Waals surface area contributed by atoms with E-state index in [2.05, 4.69) is 15.9 Å². The van der Waals surface area contributed by atoms with Crippen LogP contribution in [0.3, 0.4) is 0 Å². The smallest absolute Gasteiger partial charge is 0.339 e. The van der Waals surface area contributed by atoms with E-state index >= 15 is 0 Å². The van der Waals surface area contributed by atoms with Gasteiger partial charge in [0.2, 0.25) is 0 Å². The van der Waals surface area contributed by atoms with Gasteiger partial charge in [-0.25, -0.2) is 4.79 Å². The summed E-state index contributed by atoms with van der Waals surface area (Å²) in [7, 11) is 0. The van der Waals surface area contributed by atoms with Crippen LogP contribution in [0.5, 0.6) is 0 Å². The molecule has 0 bridgehead atoms. The highest BCUT2D eigenvalue weighted by atomic mass is 79.9. The number of furan rings is 1. The van der Waals surface area contributed by atoms with Gasteiger partial charge in [-0.2, -0.15) is 0 Å². The number of carbonyl (C=O) groups is 1. The maximum Gasteiger partial charge on any atom is 0.339 e. The molecule has 0 fully saturated rings. The molecule has 82 valence electrons. The molecule has 0 unspecified atom stereocenters. The van der Waals surface area contributed by atoms with Crippen LogP contribution in [0.25, 0.3) is 11.3 Å². The van der Waals surface area contributed by atoms with Crippen molar-refractivity contribution >= 4 is 33.5 Å². The molecule has 0 atom stereocenters. The Balaban J connectivity index is 2.55. The van der Waals surface area contributed by atoms with Gasteiger partial charge in [0.25, 0.3) is 0 Å².